The van der Waals surface area contributed by atoms with Gasteiger partial charge in [0.1, 0.15) is 11.5 Å². The SMILES string of the molecule is CCCC(C)(C)c1cc(SCC(O)CSc2cc(C(C)(C)CCC)c(O)c(C(C)(C)CCC)c2)cc(C(C)(C)CCC)c1O. The lowest BCUT2D eigenvalue weighted by Gasteiger charge is -2.32. The molecule has 3 N–H and O–H groups in total. The summed E-state index contributed by atoms with van der Waals surface area (Å²) < 4.78 is 0. The molecule has 0 radical (unpaired) electrons. The zero-order valence-electron chi connectivity index (χ0n) is 30.1. The molecule has 2 rings (SSSR count). The van der Waals surface area contributed by atoms with Gasteiger partial charge in [0.05, 0.1) is 6.10 Å². The number of hydrogen-bond donors (Lipinski definition) is 3. The van der Waals surface area contributed by atoms with Gasteiger partial charge in [-0.15, -0.1) is 23.5 Å². The molecule has 5 heteroatoms. The number of thioether (sulfide) groups is 2. The van der Waals surface area contributed by atoms with Crippen LogP contribution in [0.4, 0.5) is 0 Å². The Morgan fingerprint density at radius 3 is 0.932 bits per heavy atom. The smallest absolute Gasteiger partial charge is 0.123 e. The van der Waals surface area contributed by atoms with E-state index in [1.54, 1.807) is 23.5 Å². The fourth-order valence-electron chi connectivity index (χ4n) is 6.92. The van der Waals surface area contributed by atoms with Gasteiger partial charge in [0.2, 0.25) is 0 Å². The highest BCUT2D eigenvalue weighted by Crippen LogP contribution is 2.46. The van der Waals surface area contributed by atoms with Crippen LogP contribution in [0.15, 0.2) is 34.1 Å². The summed E-state index contributed by atoms with van der Waals surface area (Å²) in [6.07, 6.45) is 7.73. The van der Waals surface area contributed by atoms with E-state index in [0.29, 0.717) is 23.0 Å². The highest BCUT2D eigenvalue weighted by molar-refractivity contribution is 8.00. The molecular weight excluding hydrogens is 581 g/mol. The van der Waals surface area contributed by atoms with Crippen LogP contribution in [-0.2, 0) is 21.7 Å². The number of aliphatic hydroxyl groups excluding tert-OH is 1. The van der Waals surface area contributed by atoms with E-state index in [4.69, 9.17) is 0 Å². The van der Waals surface area contributed by atoms with Gasteiger partial charge in [0, 0.05) is 43.6 Å². The van der Waals surface area contributed by atoms with Crippen LogP contribution in [0, 0.1) is 0 Å². The Hall–Kier alpha value is -1.30. The molecule has 0 saturated carbocycles. The van der Waals surface area contributed by atoms with Gasteiger partial charge in [0.25, 0.3) is 0 Å². The lowest BCUT2D eigenvalue weighted by atomic mass is 9.74. The Kier molecular flexibility index (Phi) is 14.1. The number of rotatable bonds is 18. The molecule has 250 valence electrons. The van der Waals surface area contributed by atoms with Crippen LogP contribution in [0.3, 0.4) is 0 Å². The number of phenolic OH excluding ortho intramolecular Hbond substituents is 2. The molecule has 0 spiro atoms. The monoisotopic (exact) mass is 644 g/mol. The zero-order valence-corrected chi connectivity index (χ0v) is 31.7. The van der Waals surface area contributed by atoms with Crippen molar-refractivity contribution in [1.29, 1.82) is 0 Å². The normalized spacial score (nSPS) is 13.2. The van der Waals surface area contributed by atoms with Gasteiger partial charge in [0.15, 0.2) is 0 Å². The molecule has 0 aliphatic rings. The first-order valence-electron chi connectivity index (χ1n) is 17.1. The molecule has 2 aromatic rings. The molecule has 2 aromatic carbocycles. The largest absolute Gasteiger partial charge is 0.507 e. The van der Waals surface area contributed by atoms with Crippen molar-refractivity contribution in [1.82, 2.24) is 0 Å². The maximum absolute atomic E-state index is 11.5. The number of hydrogen-bond acceptors (Lipinski definition) is 5. The van der Waals surface area contributed by atoms with Crippen LogP contribution in [0.25, 0.3) is 0 Å². The summed E-state index contributed by atoms with van der Waals surface area (Å²) in [5.74, 6) is 2.05. The molecule has 0 aliphatic carbocycles. The molecule has 3 nitrogen and oxygen atoms in total. The number of aromatic hydroxyl groups is 2. The Morgan fingerprint density at radius 1 is 0.500 bits per heavy atom. The highest BCUT2D eigenvalue weighted by atomic mass is 32.2. The van der Waals surface area contributed by atoms with Gasteiger partial charge in [-0.25, -0.2) is 0 Å². The Morgan fingerprint density at radius 2 is 0.727 bits per heavy atom. The first kappa shape index (κ1) is 38.9. The average Bonchev–Trinajstić information content (AvgIpc) is 2.91. The predicted octanol–water partition coefficient (Wildman–Crippen LogP) is 11.7. The molecular formula is C39H64O3S2. The van der Waals surface area contributed by atoms with Crippen LogP contribution in [0.2, 0.25) is 0 Å². The second-order valence-corrected chi connectivity index (χ2v) is 17.7. The quantitative estimate of drug-likeness (QED) is 0.141. The summed E-state index contributed by atoms with van der Waals surface area (Å²) >= 11 is 3.37. The van der Waals surface area contributed by atoms with Gasteiger partial charge >= 0.3 is 0 Å². The van der Waals surface area contributed by atoms with E-state index in [-0.39, 0.29) is 21.7 Å². The maximum atomic E-state index is 11.5. The van der Waals surface area contributed by atoms with Gasteiger partial charge in [-0.05, 0) is 71.6 Å². The topological polar surface area (TPSA) is 60.7 Å². The molecule has 0 fully saturated rings. The molecule has 0 aromatic heterocycles. The van der Waals surface area contributed by atoms with E-state index in [2.05, 4.69) is 107 Å². The standard InChI is InChI=1S/C39H64O3S2/c1-13-17-36(5,6)30-21-28(22-31(34(30)41)37(7,8)18-14-2)43-25-27(40)26-44-29-23-32(38(9,10)19-15-3)35(42)33(24-29)39(11,12)20-16-4/h21-24,27,40-42H,13-20,25-26H2,1-12H3. The van der Waals surface area contributed by atoms with Crippen LogP contribution in [-0.4, -0.2) is 32.9 Å². The molecule has 0 saturated heterocycles. The summed E-state index contributed by atoms with van der Waals surface area (Å²) in [5, 5.41) is 34.2. The van der Waals surface area contributed by atoms with Crippen LogP contribution < -0.4 is 0 Å². The summed E-state index contributed by atoms with van der Waals surface area (Å²) in [7, 11) is 0. The Bertz CT molecular complexity index is 1040. The van der Waals surface area contributed by atoms with Crippen molar-refractivity contribution < 1.29 is 15.3 Å². The average molecular weight is 645 g/mol. The minimum Gasteiger partial charge on any atom is -0.507 e. The van der Waals surface area contributed by atoms with E-state index in [0.717, 1.165) is 83.4 Å². The lowest BCUT2D eigenvalue weighted by molar-refractivity contribution is 0.225. The van der Waals surface area contributed by atoms with Gasteiger partial charge in [-0.3, -0.25) is 0 Å². The molecule has 0 aliphatic heterocycles. The molecule has 0 amide bonds. The van der Waals surface area contributed by atoms with Crippen molar-refractivity contribution in [3.8, 4) is 11.5 Å². The van der Waals surface area contributed by atoms with E-state index >= 15 is 0 Å². The van der Waals surface area contributed by atoms with Crippen molar-refractivity contribution in [2.75, 3.05) is 11.5 Å². The molecule has 0 atom stereocenters. The second-order valence-electron chi connectivity index (χ2n) is 15.5. The lowest BCUT2D eigenvalue weighted by Crippen LogP contribution is -2.22. The van der Waals surface area contributed by atoms with Crippen molar-refractivity contribution in [3.05, 3.63) is 46.5 Å². The van der Waals surface area contributed by atoms with E-state index in [1.165, 1.54) is 0 Å². The minimum atomic E-state index is -0.494. The second kappa shape index (κ2) is 16.0. The third kappa shape index (κ3) is 9.85. The van der Waals surface area contributed by atoms with Crippen LogP contribution >= 0.6 is 23.5 Å². The van der Waals surface area contributed by atoms with Crippen molar-refractivity contribution >= 4 is 23.5 Å². The number of phenols is 2. The summed E-state index contributed by atoms with van der Waals surface area (Å²) in [5.41, 5.74) is 3.53. The zero-order chi connectivity index (χ0) is 33.5. The Labute approximate surface area is 279 Å². The molecule has 0 heterocycles. The minimum absolute atomic E-state index is 0.133. The third-order valence-electron chi connectivity index (χ3n) is 9.47. The summed E-state index contributed by atoms with van der Waals surface area (Å²) in [6, 6.07) is 8.63. The summed E-state index contributed by atoms with van der Waals surface area (Å²) in [6.45, 7) is 26.6. The Balaban J connectivity index is 2.36. The third-order valence-corrected chi connectivity index (χ3v) is 11.7. The molecule has 0 unspecified atom stereocenters. The highest BCUT2D eigenvalue weighted by Gasteiger charge is 2.32. The number of benzene rings is 2. The molecule has 44 heavy (non-hydrogen) atoms. The fraction of sp³-hybridized carbons (Fsp3) is 0.692. The van der Waals surface area contributed by atoms with E-state index in [1.807, 2.05) is 0 Å². The van der Waals surface area contributed by atoms with Crippen molar-refractivity contribution in [2.24, 2.45) is 0 Å². The predicted molar refractivity (Wildman–Crippen MR) is 195 cm³/mol. The van der Waals surface area contributed by atoms with E-state index in [9.17, 15) is 15.3 Å². The van der Waals surface area contributed by atoms with E-state index < -0.39 is 6.10 Å². The molecule has 0 bridgehead atoms. The first-order valence-corrected chi connectivity index (χ1v) is 19.0. The first-order chi connectivity index (χ1) is 20.4. The number of aliphatic hydroxyl groups is 1. The fourth-order valence-corrected chi connectivity index (χ4v) is 8.88. The van der Waals surface area contributed by atoms with Crippen LogP contribution in [0.1, 0.15) is 157 Å². The van der Waals surface area contributed by atoms with Gasteiger partial charge < -0.3 is 15.3 Å². The van der Waals surface area contributed by atoms with Gasteiger partial charge in [-0.2, -0.15) is 0 Å². The van der Waals surface area contributed by atoms with Crippen LogP contribution in [0.5, 0.6) is 11.5 Å². The maximum Gasteiger partial charge on any atom is 0.123 e. The van der Waals surface area contributed by atoms with Gasteiger partial charge in [-0.1, -0.05) is 109 Å². The van der Waals surface area contributed by atoms with Crippen molar-refractivity contribution in [2.45, 2.75) is 172 Å². The van der Waals surface area contributed by atoms with Crippen molar-refractivity contribution in [3.63, 3.8) is 0 Å². The summed E-state index contributed by atoms with van der Waals surface area (Å²) in [4.78, 5) is 2.23.